The van der Waals surface area contributed by atoms with E-state index < -0.39 is 23.4 Å². The maximum atomic E-state index is 12.6. The minimum atomic E-state index is -1.51. The summed E-state index contributed by atoms with van der Waals surface area (Å²) >= 11 is 0. The number of rotatable bonds is 12. The van der Waals surface area contributed by atoms with Crippen molar-refractivity contribution in [3.63, 3.8) is 0 Å². The zero-order valence-electron chi connectivity index (χ0n) is 24.4. The van der Waals surface area contributed by atoms with Crippen LogP contribution in [-0.2, 0) is 35.1 Å². The van der Waals surface area contributed by atoms with Crippen molar-refractivity contribution >= 4 is 23.9 Å². The SMILES string of the molecule is CCC(C)C(=O)OCC[C@@](N)(Cc1ccc(OC(=O)CC(C)(C)C)c(OC(=O)CC(C)(C)C)c1)C(=O)OC. The van der Waals surface area contributed by atoms with Gasteiger partial charge < -0.3 is 24.7 Å². The Balaban J connectivity index is 3.24. The lowest BCUT2D eigenvalue weighted by atomic mass is 9.88. The molecule has 2 N–H and O–H groups in total. The van der Waals surface area contributed by atoms with E-state index in [9.17, 15) is 19.2 Å². The topological polar surface area (TPSA) is 131 Å². The van der Waals surface area contributed by atoms with Crippen LogP contribution in [0.5, 0.6) is 11.5 Å². The molecule has 0 aliphatic carbocycles. The first kappa shape index (κ1) is 33.1. The Hall–Kier alpha value is -2.94. The van der Waals surface area contributed by atoms with E-state index in [1.807, 2.05) is 48.5 Å². The van der Waals surface area contributed by atoms with Gasteiger partial charge in [-0.1, -0.05) is 61.5 Å². The van der Waals surface area contributed by atoms with Crippen molar-refractivity contribution in [3.8, 4) is 11.5 Å². The third-order valence-corrected chi connectivity index (χ3v) is 5.72. The van der Waals surface area contributed by atoms with Gasteiger partial charge in [-0.05, 0) is 34.9 Å². The van der Waals surface area contributed by atoms with Crippen LogP contribution in [0.4, 0.5) is 0 Å². The molecule has 0 radical (unpaired) electrons. The van der Waals surface area contributed by atoms with E-state index in [0.29, 0.717) is 12.0 Å². The summed E-state index contributed by atoms with van der Waals surface area (Å²) in [6.45, 7) is 15.0. The zero-order valence-corrected chi connectivity index (χ0v) is 24.4. The lowest BCUT2D eigenvalue weighted by Gasteiger charge is -2.27. The molecule has 214 valence electrons. The first-order valence-corrected chi connectivity index (χ1v) is 13.0. The molecule has 38 heavy (non-hydrogen) atoms. The lowest BCUT2D eigenvalue weighted by Crippen LogP contribution is -2.51. The first-order valence-electron chi connectivity index (χ1n) is 13.0. The van der Waals surface area contributed by atoms with Crippen LogP contribution in [0.2, 0.25) is 0 Å². The summed E-state index contributed by atoms with van der Waals surface area (Å²) in [5.41, 5.74) is 4.86. The van der Waals surface area contributed by atoms with Gasteiger partial charge in [0, 0.05) is 12.8 Å². The van der Waals surface area contributed by atoms with Gasteiger partial charge in [-0.25, -0.2) is 0 Å². The van der Waals surface area contributed by atoms with E-state index in [4.69, 9.17) is 24.7 Å². The van der Waals surface area contributed by atoms with Gasteiger partial charge in [0.15, 0.2) is 11.5 Å². The van der Waals surface area contributed by atoms with Crippen LogP contribution in [0.25, 0.3) is 0 Å². The molecule has 0 saturated carbocycles. The van der Waals surface area contributed by atoms with Crippen LogP contribution in [0.1, 0.15) is 86.6 Å². The number of benzene rings is 1. The van der Waals surface area contributed by atoms with Crippen LogP contribution in [0.3, 0.4) is 0 Å². The summed E-state index contributed by atoms with van der Waals surface area (Å²) in [6, 6.07) is 4.67. The quantitative estimate of drug-likeness (QED) is 0.297. The van der Waals surface area contributed by atoms with Gasteiger partial charge in [0.1, 0.15) is 5.54 Å². The molecule has 2 atom stereocenters. The minimum Gasteiger partial charge on any atom is -0.468 e. The second-order valence-electron chi connectivity index (χ2n) is 12.3. The normalized spacial score (nSPS) is 14.2. The second-order valence-corrected chi connectivity index (χ2v) is 12.3. The summed E-state index contributed by atoms with van der Waals surface area (Å²) in [5.74, 6) is -2.13. The number of methoxy groups -OCH3 is 1. The van der Waals surface area contributed by atoms with Crippen molar-refractivity contribution in [2.45, 2.75) is 93.0 Å². The molecular formula is C29H45NO8. The molecule has 9 heteroatoms. The number of hydrogen-bond donors (Lipinski definition) is 1. The molecule has 0 bridgehead atoms. The van der Waals surface area contributed by atoms with Gasteiger partial charge in [0.2, 0.25) is 0 Å². The monoisotopic (exact) mass is 535 g/mol. The Kier molecular flexibility index (Phi) is 12.0. The molecule has 1 unspecified atom stereocenters. The van der Waals surface area contributed by atoms with E-state index in [-0.39, 0.29) is 66.5 Å². The second kappa shape index (κ2) is 13.7. The summed E-state index contributed by atoms with van der Waals surface area (Å²) in [4.78, 5) is 49.8. The van der Waals surface area contributed by atoms with Gasteiger partial charge in [-0.2, -0.15) is 0 Å². The molecule has 1 aromatic rings. The molecule has 1 rings (SSSR count). The molecule has 0 saturated heterocycles. The number of carbonyl (C=O) groups is 4. The average Bonchev–Trinajstić information content (AvgIpc) is 2.76. The van der Waals surface area contributed by atoms with Gasteiger partial charge in [-0.3, -0.25) is 19.2 Å². The van der Waals surface area contributed by atoms with Crippen molar-refractivity contribution < 1.29 is 38.1 Å². The highest BCUT2D eigenvalue weighted by Gasteiger charge is 2.36. The van der Waals surface area contributed by atoms with E-state index in [0.717, 1.165) is 0 Å². The van der Waals surface area contributed by atoms with Crippen LogP contribution >= 0.6 is 0 Å². The van der Waals surface area contributed by atoms with Gasteiger partial charge in [0.25, 0.3) is 0 Å². The predicted molar refractivity (Wildman–Crippen MR) is 144 cm³/mol. The summed E-state index contributed by atoms with van der Waals surface area (Å²) in [6.07, 6.45) is 0.946. The zero-order chi connectivity index (χ0) is 29.3. The minimum absolute atomic E-state index is 0.000589. The summed E-state index contributed by atoms with van der Waals surface area (Å²) < 4.78 is 21.4. The third-order valence-electron chi connectivity index (χ3n) is 5.72. The first-order chi connectivity index (χ1) is 17.4. The van der Waals surface area contributed by atoms with Gasteiger partial charge in [0.05, 0.1) is 32.5 Å². The smallest absolute Gasteiger partial charge is 0.326 e. The van der Waals surface area contributed by atoms with Gasteiger partial charge >= 0.3 is 23.9 Å². The van der Waals surface area contributed by atoms with Crippen molar-refractivity contribution in [2.75, 3.05) is 13.7 Å². The molecule has 0 heterocycles. The molecule has 0 aliphatic rings. The molecule has 0 aromatic heterocycles. The van der Waals surface area contributed by atoms with Gasteiger partial charge in [-0.15, -0.1) is 0 Å². The van der Waals surface area contributed by atoms with Crippen molar-refractivity contribution in [1.82, 2.24) is 0 Å². The number of hydrogen-bond acceptors (Lipinski definition) is 9. The van der Waals surface area contributed by atoms with Crippen LogP contribution in [0, 0.1) is 16.7 Å². The molecule has 0 aliphatic heterocycles. The van der Waals surface area contributed by atoms with E-state index in [1.165, 1.54) is 19.2 Å². The van der Waals surface area contributed by atoms with Crippen LogP contribution < -0.4 is 15.2 Å². The molecule has 0 fully saturated rings. The molecule has 0 spiro atoms. The maximum absolute atomic E-state index is 12.6. The van der Waals surface area contributed by atoms with Crippen molar-refractivity contribution in [3.05, 3.63) is 23.8 Å². The number of esters is 4. The largest absolute Gasteiger partial charge is 0.468 e. The Morgan fingerprint density at radius 1 is 0.895 bits per heavy atom. The predicted octanol–water partition coefficient (Wildman–Crippen LogP) is 4.76. The number of carbonyl (C=O) groups excluding carboxylic acids is 4. The molecule has 0 amide bonds. The highest BCUT2D eigenvalue weighted by atomic mass is 16.6. The highest BCUT2D eigenvalue weighted by Crippen LogP contribution is 2.33. The van der Waals surface area contributed by atoms with E-state index in [2.05, 4.69) is 0 Å². The average molecular weight is 536 g/mol. The standard InChI is InChI=1S/C29H45NO8/c1-10-19(2)25(33)36-14-13-29(30,26(34)35-9)16-20-11-12-21(37-23(31)17-27(3,4)5)22(15-20)38-24(32)18-28(6,7)8/h11-12,15,19H,10,13-14,16-18,30H2,1-9H3/t19?,29-/m1/s1. The highest BCUT2D eigenvalue weighted by molar-refractivity contribution is 5.81. The maximum Gasteiger partial charge on any atom is 0.326 e. The Morgan fingerprint density at radius 2 is 1.42 bits per heavy atom. The molecule has 9 nitrogen and oxygen atoms in total. The Bertz CT molecular complexity index is 989. The van der Waals surface area contributed by atoms with Crippen molar-refractivity contribution in [1.29, 1.82) is 0 Å². The van der Waals surface area contributed by atoms with Crippen LogP contribution in [-0.4, -0.2) is 43.1 Å². The van der Waals surface area contributed by atoms with Crippen LogP contribution in [0.15, 0.2) is 18.2 Å². The summed E-state index contributed by atoms with van der Waals surface area (Å²) in [7, 11) is 1.23. The fourth-order valence-corrected chi connectivity index (χ4v) is 3.48. The molecular weight excluding hydrogens is 490 g/mol. The Labute approximate surface area is 226 Å². The fraction of sp³-hybridized carbons (Fsp3) is 0.655. The summed E-state index contributed by atoms with van der Waals surface area (Å²) in [5, 5.41) is 0. The molecule has 1 aromatic carbocycles. The van der Waals surface area contributed by atoms with Crippen molar-refractivity contribution in [2.24, 2.45) is 22.5 Å². The number of nitrogens with two attached hydrogens (primary N) is 1. The fourth-order valence-electron chi connectivity index (χ4n) is 3.48. The number of ether oxygens (including phenoxy) is 4. The van der Waals surface area contributed by atoms with E-state index >= 15 is 0 Å². The lowest BCUT2D eigenvalue weighted by molar-refractivity contribution is -0.153. The third kappa shape index (κ3) is 11.6. The Morgan fingerprint density at radius 3 is 1.89 bits per heavy atom. The van der Waals surface area contributed by atoms with E-state index in [1.54, 1.807) is 13.0 Å².